The molecule has 0 radical (unpaired) electrons. The zero-order valence-electron chi connectivity index (χ0n) is 6.00. The molecule has 0 aliphatic rings. The van der Waals surface area contributed by atoms with Crippen LogP contribution in [0.1, 0.15) is 19.3 Å². The summed E-state index contributed by atoms with van der Waals surface area (Å²) in [5.41, 5.74) is 0. The lowest BCUT2D eigenvalue weighted by molar-refractivity contribution is -0.342. The Labute approximate surface area is 63.3 Å². The first-order chi connectivity index (χ1) is 4.98. The van der Waals surface area contributed by atoms with Gasteiger partial charge in [0.25, 0.3) is 0 Å². The van der Waals surface area contributed by atoms with Gasteiger partial charge in [-0.15, -0.1) is 0 Å². The summed E-state index contributed by atoms with van der Waals surface area (Å²) in [6.07, 6.45) is -2.04. The first-order valence-corrected chi connectivity index (χ1v) is 3.35. The third kappa shape index (κ3) is 5.06. The van der Waals surface area contributed by atoms with Crippen molar-refractivity contribution in [1.82, 2.24) is 0 Å². The normalized spacial score (nSPS) is 15.0. The number of hydrogen-bond donors (Lipinski definition) is 3. The van der Waals surface area contributed by atoms with Crippen LogP contribution in [0.15, 0.2) is 0 Å². The number of rotatable bonds is 5. The average molecular weight is 170 g/mol. The second-order valence-electron chi connectivity index (χ2n) is 2.34. The molecule has 0 aromatic rings. The molecule has 3 nitrogen and oxygen atoms in total. The Kier molecular flexibility index (Phi) is 4.48. The van der Waals surface area contributed by atoms with Gasteiger partial charge in [0.15, 0.2) is 6.17 Å². The SMILES string of the molecule is OC(O)(O)C(F)CCCCF. The number of halogens is 2. The van der Waals surface area contributed by atoms with E-state index in [0.717, 1.165) is 0 Å². The predicted molar refractivity (Wildman–Crippen MR) is 34.1 cm³/mol. The fourth-order valence-electron chi connectivity index (χ4n) is 0.612. The lowest BCUT2D eigenvalue weighted by Crippen LogP contribution is -2.38. The smallest absolute Gasteiger partial charge is 0.308 e. The van der Waals surface area contributed by atoms with Crippen molar-refractivity contribution < 1.29 is 24.1 Å². The molecule has 0 aliphatic heterocycles. The zero-order valence-corrected chi connectivity index (χ0v) is 6.00. The van der Waals surface area contributed by atoms with E-state index in [9.17, 15) is 8.78 Å². The molecule has 0 heterocycles. The Morgan fingerprint density at radius 1 is 1.18 bits per heavy atom. The minimum atomic E-state index is -3.28. The van der Waals surface area contributed by atoms with Crippen molar-refractivity contribution in [2.75, 3.05) is 6.67 Å². The van der Waals surface area contributed by atoms with Crippen LogP contribution in [0.2, 0.25) is 0 Å². The van der Waals surface area contributed by atoms with E-state index in [4.69, 9.17) is 15.3 Å². The summed E-state index contributed by atoms with van der Waals surface area (Å²) in [7, 11) is 0. The van der Waals surface area contributed by atoms with Crippen molar-refractivity contribution in [3.05, 3.63) is 0 Å². The summed E-state index contributed by atoms with van der Waals surface area (Å²) in [5, 5.41) is 24.7. The van der Waals surface area contributed by atoms with Gasteiger partial charge in [0.1, 0.15) is 0 Å². The van der Waals surface area contributed by atoms with Crippen LogP contribution < -0.4 is 0 Å². The molecule has 0 bridgehead atoms. The standard InChI is InChI=1S/C6H12F2O3/c7-4-2-1-3-5(8)6(9,10)11/h5,9-11H,1-4H2. The monoisotopic (exact) mass is 170 g/mol. The minimum absolute atomic E-state index is 0.163. The van der Waals surface area contributed by atoms with Crippen LogP contribution in [0.3, 0.4) is 0 Å². The summed E-state index contributed by atoms with van der Waals surface area (Å²) in [5.74, 6) is -3.28. The van der Waals surface area contributed by atoms with Crippen molar-refractivity contribution >= 4 is 0 Å². The molecule has 0 aromatic heterocycles. The highest BCUT2D eigenvalue weighted by Crippen LogP contribution is 2.13. The Morgan fingerprint density at radius 3 is 2.09 bits per heavy atom. The van der Waals surface area contributed by atoms with Gasteiger partial charge in [-0.2, -0.15) is 0 Å². The summed E-state index contributed by atoms with van der Waals surface area (Å²) >= 11 is 0. The van der Waals surface area contributed by atoms with Gasteiger partial charge in [-0.25, -0.2) is 4.39 Å². The molecule has 0 aromatic carbocycles. The van der Waals surface area contributed by atoms with E-state index < -0.39 is 18.8 Å². The Balaban J connectivity index is 3.44. The minimum Gasteiger partial charge on any atom is -0.341 e. The molecule has 11 heavy (non-hydrogen) atoms. The summed E-state index contributed by atoms with van der Waals surface area (Å²) in [6.45, 7) is -0.567. The molecule has 0 rings (SSSR count). The zero-order chi connectivity index (χ0) is 8.91. The van der Waals surface area contributed by atoms with Gasteiger partial charge in [-0.05, 0) is 19.3 Å². The van der Waals surface area contributed by atoms with E-state index in [-0.39, 0.29) is 19.3 Å². The quantitative estimate of drug-likeness (QED) is 0.405. The molecule has 0 spiro atoms. The maximum Gasteiger partial charge on any atom is 0.308 e. The third-order valence-corrected chi connectivity index (χ3v) is 1.26. The number of aliphatic hydroxyl groups is 3. The van der Waals surface area contributed by atoms with E-state index in [0.29, 0.717) is 0 Å². The summed E-state index contributed by atoms with van der Waals surface area (Å²) in [4.78, 5) is 0. The molecule has 1 atom stereocenters. The first-order valence-electron chi connectivity index (χ1n) is 3.35. The molecule has 0 fully saturated rings. The second-order valence-corrected chi connectivity index (χ2v) is 2.34. The molecular weight excluding hydrogens is 158 g/mol. The van der Waals surface area contributed by atoms with Crippen LogP contribution in [0.5, 0.6) is 0 Å². The van der Waals surface area contributed by atoms with Crippen LogP contribution in [0.25, 0.3) is 0 Å². The van der Waals surface area contributed by atoms with E-state index >= 15 is 0 Å². The highest BCUT2D eigenvalue weighted by Gasteiger charge is 2.31. The van der Waals surface area contributed by atoms with Crippen molar-refractivity contribution in [2.24, 2.45) is 0 Å². The van der Waals surface area contributed by atoms with Crippen molar-refractivity contribution in [1.29, 1.82) is 0 Å². The van der Waals surface area contributed by atoms with Crippen molar-refractivity contribution in [3.8, 4) is 0 Å². The topological polar surface area (TPSA) is 60.7 Å². The maximum absolute atomic E-state index is 12.4. The number of unbranched alkanes of at least 4 members (excludes halogenated alkanes) is 1. The fraction of sp³-hybridized carbons (Fsp3) is 1.00. The van der Waals surface area contributed by atoms with Crippen LogP contribution in [-0.2, 0) is 0 Å². The van der Waals surface area contributed by atoms with Gasteiger partial charge >= 0.3 is 5.97 Å². The fourth-order valence-corrected chi connectivity index (χ4v) is 0.612. The molecule has 3 N–H and O–H groups in total. The van der Waals surface area contributed by atoms with Crippen molar-refractivity contribution in [3.63, 3.8) is 0 Å². The molecule has 5 heteroatoms. The molecule has 0 aliphatic carbocycles. The van der Waals surface area contributed by atoms with Gasteiger partial charge in [0.2, 0.25) is 0 Å². The van der Waals surface area contributed by atoms with Crippen LogP contribution in [-0.4, -0.2) is 34.1 Å². The Hall–Kier alpha value is -0.260. The van der Waals surface area contributed by atoms with Crippen LogP contribution in [0, 0.1) is 0 Å². The van der Waals surface area contributed by atoms with E-state index in [1.165, 1.54) is 0 Å². The van der Waals surface area contributed by atoms with Gasteiger partial charge < -0.3 is 15.3 Å². The van der Waals surface area contributed by atoms with Gasteiger partial charge in [-0.3, -0.25) is 4.39 Å². The summed E-state index contributed by atoms with van der Waals surface area (Å²) < 4.78 is 23.8. The highest BCUT2D eigenvalue weighted by atomic mass is 19.1. The van der Waals surface area contributed by atoms with Crippen molar-refractivity contribution in [2.45, 2.75) is 31.4 Å². The van der Waals surface area contributed by atoms with E-state index in [1.54, 1.807) is 0 Å². The Morgan fingerprint density at radius 2 is 1.73 bits per heavy atom. The molecule has 68 valence electrons. The van der Waals surface area contributed by atoms with Gasteiger partial charge in [-0.1, -0.05) is 0 Å². The Bertz CT molecular complexity index is 102. The lowest BCUT2D eigenvalue weighted by Gasteiger charge is -2.18. The molecule has 1 unspecified atom stereocenters. The van der Waals surface area contributed by atoms with Crippen LogP contribution in [0.4, 0.5) is 8.78 Å². The second kappa shape index (κ2) is 4.58. The van der Waals surface area contributed by atoms with E-state index in [1.807, 2.05) is 0 Å². The van der Waals surface area contributed by atoms with E-state index in [2.05, 4.69) is 0 Å². The number of alkyl halides is 2. The van der Waals surface area contributed by atoms with Gasteiger partial charge in [0, 0.05) is 0 Å². The first kappa shape index (κ1) is 10.7. The average Bonchev–Trinajstić information content (AvgIpc) is 1.86. The maximum atomic E-state index is 12.4. The van der Waals surface area contributed by atoms with Crippen LogP contribution >= 0.6 is 0 Å². The predicted octanol–water partition coefficient (Wildman–Crippen LogP) is 0.0950. The number of hydrogen-bond acceptors (Lipinski definition) is 3. The van der Waals surface area contributed by atoms with Gasteiger partial charge in [0.05, 0.1) is 6.67 Å². The molecule has 0 amide bonds. The molecule has 0 saturated heterocycles. The highest BCUT2D eigenvalue weighted by molar-refractivity contribution is 4.63. The molecular formula is C6H12F2O3. The molecule has 0 saturated carbocycles. The third-order valence-electron chi connectivity index (χ3n) is 1.26. The lowest BCUT2D eigenvalue weighted by atomic mass is 10.1. The largest absolute Gasteiger partial charge is 0.341 e. The summed E-state index contributed by atoms with van der Waals surface area (Å²) in [6, 6.07) is 0.